The topological polar surface area (TPSA) is 500 Å². The maximum atomic E-state index is 12.7. The highest BCUT2D eigenvalue weighted by Gasteiger charge is 2.51. The fraction of sp³-hybridized carbons (Fsp3) is 0.931. The summed E-state index contributed by atoms with van der Waals surface area (Å²) in [6, 6.07) is 0. The molecular weight excluding hydrogens is 953 g/mol. The molecule has 35 heteroatoms. The average Bonchev–Trinajstić information content (AvgIpc) is 3.84. The lowest BCUT2D eigenvalue weighted by Gasteiger charge is -2.27. The molecule has 0 aromatic rings. The molecule has 21 unspecified atom stereocenters. The summed E-state index contributed by atoms with van der Waals surface area (Å²) in [5.41, 5.74) is 0. The number of carbonyl (C=O) groups excluding carboxylic acids is 2. The van der Waals surface area contributed by atoms with Crippen LogP contribution in [-0.4, -0.2) is 258 Å². The van der Waals surface area contributed by atoms with Crippen LogP contribution in [0.25, 0.3) is 0 Å². The van der Waals surface area contributed by atoms with Crippen molar-refractivity contribution in [1.82, 2.24) is 0 Å². The molecule has 376 valence electrons. The predicted molar refractivity (Wildman–Crippen MR) is 193 cm³/mol. The van der Waals surface area contributed by atoms with Crippen LogP contribution in [0, 0.1) is 0 Å². The van der Waals surface area contributed by atoms with Gasteiger partial charge in [0, 0.05) is 0 Å². The lowest BCUT2D eigenvalue weighted by molar-refractivity contribution is -0.194. The van der Waals surface area contributed by atoms with E-state index < -0.39 is 193 Å². The van der Waals surface area contributed by atoms with Gasteiger partial charge in [-0.25, -0.2) is 13.7 Å². The maximum Gasteiger partial charge on any atom is 0.473 e. The highest BCUT2D eigenvalue weighted by molar-refractivity contribution is 7.48. The molecule has 3 aliphatic rings. The number of aliphatic hydroxyl groups is 12. The standard InChI is InChI=1S/C29H53O32P3/c30-1-3-50-27-21(41)24(16(5-32)56-27)60-63(46,47)54-10-14(37)20(40)13(36)9-52-29-23(43)26(18(7-34)58-29)61-64(48,49)55-11-15(38)19(39)12(35)8-51-28-22(42)25(17(6-33)57-28)59-62(44,45)53-4-2-31/h1-2,12-29,32-43H,3-11H2,(H,44,45)(H,46,47)(H,48,49). The zero-order valence-electron chi connectivity index (χ0n) is 32.9. The van der Waals surface area contributed by atoms with Crippen LogP contribution in [0.2, 0.25) is 0 Å². The number of phosphoric ester groups is 3. The molecule has 64 heavy (non-hydrogen) atoms. The van der Waals surface area contributed by atoms with E-state index in [9.17, 15) is 99.2 Å². The van der Waals surface area contributed by atoms with Gasteiger partial charge < -0.3 is 114 Å². The van der Waals surface area contributed by atoms with Crippen molar-refractivity contribution in [2.45, 2.75) is 110 Å². The fourth-order valence-corrected chi connectivity index (χ4v) is 8.63. The first kappa shape index (κ1) is 57.3. The number of phosphoric acid groups is 3. The Labute approximate surface area is 360 Å². The molecule has 3 heterocycles. The Hall–Kier alpha value is -1.05. The van der Waals surface area contributed by atoms with Crippen molar-refractivity contribution in [2.75, 3.05) is 59.5 Å². The van der Waals surface area contributed by atoms with E-state index in [1.54, 1.807) is 0 Å². The summed E-state index contributed by atoms with van der Waals surface area (Å²) in [5.74, 6) is 0. The highest BCUT2D eigenvalue weighted by atomic mass is 31.2. The van der Waals surface area contributed by atoms with Gasteiger partial charge in [0.25, 0.3) is 0 Å². The van der Waals surface area contributed by atoms with E-state index in [4.69, 9.17) is 42.0 Å². The van der Waals surface area contributed by atoms with E-state index in [0.717, 1.165) is 0 Å². The van der Waals surface area contributed by atoms with Gasteiger partial charge in [-0.2, -0.15) is 0 Å². The largest absolute Gasteiger partial charge is 0.473 e. The zero-order valence-corrected chi connectivity index (χ0v) is 35.6. The second-order valence-corrected chi connectivity index (χ2v) is 18.0. The summed E-state index contributed by atoms with van der Waals surface area (Å²) in [4.78, 5) is 51.0. The van der Waals surface area contributed by atoms with Crippen LogP contribution < -0.4 is 0 Å². The molecular formula is C29H53O32P3. The van der Waals surface area contributed by atoms with Crippen molar-refractivity contribution in [3.63, 3.8) is 0 Å². The first-order valence-corrected chi connectivity index (χ1v) is 23.0. The minimum absolute atomic E-state index is 0.129. The second-order valence-electron chi connectivity index (χ2n) is 13.7. The molecule has 0 saturated carbocycles. The third kappa shape index (κ3) is 16.6. The number of hydrogen-bond donors (Lipinski definition) is 15. The molecule has 3 aliphatic heterocycles. The molecule has 0 bridgehead atoms. The van der Waals surface area contributed by atoms with Gasteiger partial charge in [-0.1, -0.05) is 0 Å². The van der Waals surface area contributed by atoms with Gasteiger partial charge in [-0.3, -0.25) is 27.1 Å². The molecule has 3 rings (SSSR count). The van der Waals surface area contributed by atoms with Gasteiger partial charge in [0.15, 0.2) is 18.9 Å². The van der Waals surface area contributed by atoms with Crippen molar-refractivity contribution in [3.05, 3.63) is 0 Å². The first-order chi connectivity index (χ1) is 29.9. The fourth-order valence-electron chi connectivity index (χ4n) is 5.81. The number of aliphatic hydroxyl groups excluding tert-OH is 12. The van der Waals surface area contributed by atoms with Crippen LogP contribution in [-0.2, 0) is 78.8 Å². The monoisotopic (exact) mass is 1010 g/mol. The van der Waals surface area contributed by atoms with Gasteiger partial charge in [-0.05, 0) is 0 Å². The minimum Gasteiger partial charge on any atom is -0.394 e. The van der Waals surface area contributed by atoms with Crippen molar-refractivity contribution < 1.29 is 155 Å². The van der Waals surface area contributed by atoms with E-state index in [-0.39, 0.29) is 6.29 Å². The van der Waals surface area contributed by atoms with Gasteiger partial charge in [0.1, 0.15) is 117 Å². The SMILES string of the molecule is O=CCOC1OC(CO)C(OP(=O)(O)OCC(O)C(O)C(O)COC2OC(CO)C(OP(=O)(O)OCC(O)C(O)C(O)COC3OC(CO)C(OP(=O)(O)OCC=O)C3O)C2O)C1O. The Bertz CT molecular complexity index is 1560. The molecule has 0 radical (unpaired) electrons. The van der Waals surface area contributed by atoms with Gasteiger partial charge >= 0.3 is 23.5 Å². The first-order valence-electron chi connectivity index (χ1n) is 18.6. The zero-order chi connectivity index (χ0) is 48.2. The normalized spacial score (nSPS) is 35.4. The van der Waals surface area contributed by atoms with Crippen molar-refractivity contribution in [3.8, 4) is 0 Å². The molecule has 15 N–H and O–H groups in total. The minimum atomic E-state index is -5.37. The molecule has 21 atom stereocenters. The smallest absolute Gasteiger partial charge is 0.394 e. The number of carbonyl (C=O) groups is 2. The van der Waals surface area contributed by atoms with E-state index in [0.29, 0.717) is 6.29 Å². The van der Waals surface area contributed by atoms with Gasteiger partial charge in [-0.15, -0.1) is 0 Å². The van der Waals surface area contributed by atoms with Gasteiger partial charge in [0.05, 0.1) is 46.2 Å². The Morgan fingerprint density at radius 1 is 0.469 bits per heavy atom. The second kappa shape index (κ2) is 26.1. The molecule has 3 fully saturated rings. The summed E-state index contributed by atoms with van der Waals surface area (Å²) >= 11 is 0. The van der Waals surface area contributed by atoms with E-state index in [2.05, 4.69) is 13.6 Å². The maximum absolute atomic E-state index is 12.7. The number of hydrogen-bond acceptors (Lipinski definition) is 29. The molecule has 3 saturated heterocycles. The van der Waals surface area contributed by atoms with Crippen molar-refractivity contribution in [2.24, 2.45) is 0 Å². The summed E-state index contributed by atoms with van der Waals surface area (Å²) in [6.45, 7) is -8.58. The van der Waals surface area contributed by atoms with Crippen LogP contribution in [0.1, 0.15) is 0 Å². The molecule has 0 spiro atoms. The summed E-state index contributed by atoms with van der Waals surface area (Å²) in [6.07, 6.45) is -33.5. The summed E-state index contributed by atoms with van der Waals surface area (Å²) in [7, 11) is -15.5. The Morgan fingerprint density at radius 3 is 1.08 bits per heavy atom. The molecule has 0 amide bonds. The lowest BCUT2D eigenvalue weighted by atomic mass is 10.1. The number of rotatable bonds is 31. The van der Waals surface area contributed by atoms with Crippen LogP contribution in [0.4, 0.5) is 0 Å². The van der Waals surface area contributed by atoms with Gasteiger partial charge in [0.2, 0.25) is 0 Å². The molecule has 0 aliphatic carbocycles. The van der Waals surface area contributed by atoms with Crippen molar-refractivity contribution in [1.29, 1.82) is 0 Å². The van der Waals surface area contributed by atoms with Crippen LogP contribution >= 0.6 is 23.5 Å². The van der Waals surface area contributed by atoms with Crippen LogP contribution in [0.5, 0.6) is 0 Å². The van der Waals surface area contributed by atoms with E-state index in [1.807, 2.05) is 0 Å². The quantitative estimate of drug-likeness (QED) is 0.0226. The van der Waals surface area contributed by atoms with Crippen molar-refractivity contribution >= 4 is 36.0 Å². The lowest BCUT2D eigenvalue weighted by Crippen LogP contribution is -2.44. The van der Waals surface area contributed by atoms with Crippen LogP contribution in [0.15, 0.2) is 0 Å². The average molecular weight is 1010 g/mol. The van der Waals surface area contributed by atoms with E-state index in [1.165, 1.54) is 0 Å². The Morgan fingerprint density at radius 2 is 0.766 bits per heavy atom. The van der Waals surface area contributed by atoms with E-state index >= 15 is 0 Å². The Balaban J connectivity index is 1.45. The molecule has 0 aromatic heterocycles. The Kier molecular flexibility index (Phi) is 23.3. The third-order valence-electron chi connectivity index (χ3n) is 9.07. The summed E-state index contributed by atoms with van der Waals surface area (Å²) in [5, 5.41) is 122. The number of aldehydes is 2. The molecule has 0 aromatic carbocycles. The molecule has 32 nitrogen and oxygen atoms in total. The third-order valence-corrected chi connectivity index (χ3v) is 12.0. The number of ether oxygens (including phenoxy) is 6. The highest BCUT2D eigenvalue weighted by Crippen LogP contribution is 2.49. The van der Waals surface area contributed by atoms with Crippen LogP contribution in [0.3, 0.4) is 0 Å². The predicted octanol–water partition coefficient (Wildman–Crippen LogP) is -8.66. The summed E-state index contributed by atoms with van der Waals surface area (Å²) < 4.78 is 95.7.